The molecule has 3 heteroatoms. The van der Waals surface area contributed by atoms with Gasteiger partial charge >= 0.3 is 212 Å². The van der Waals surface area contributed by atoms with Crippen LogP contribution in [0.25, 0.3) is 16.7 Å². The van der Waals surface area contributed by atoms with Crippen molar-refractivity contribution < 1.29 is 49.5 Å². The summed E-state index contributed by atoms with van der Waals surface area (Å²) in [4.78, 5) is 0. The van der Waals surface area contributed by atoms with Gasteiger partial charge in [-0.15, -0.1) is 0 Å². The van der Waals surface area contributed by atoms with Gasteiger partial charge in [-0.1, -0.05) is 0 Å². The molecule has 0 N–H and O–H groups in total. The van der Waals surface area contributed by atoms with Gasteiger partial charge in [0.1, 0.15) is 0 Å². The molecule has 0 saturated heterocycles. The maximum atomic E-state index is 2.53. The first-order valence-corrected chi connectivity index (χ1v) is 13.5. The van der Waals surface area contributed by atoms with Crippen molar-refractivity contribution in [2.24, 2.45) is 5.41 Å². The second kappa shape index (κ2) is 9.69. The van der Waals surface area contributed by atoms with Crippen LogP contribution in [0.2, 0.25) is 0 Å². The largest absolute Gasteiger partial charge is 1.00 e. The predicted molar refractivity (Wildman–Crippen MR) is 136 cm³/mol. The average molecular weight is 574 g/mol. The Morgan fingerprint density at radius 3 is 1.74 bits per heavy atom. The molecule has 0 heterocycles. The van der Waals surface area contributed by atoms with E-state index >= 15 is 0 Å². The van der Waals surface area contributed by atoms with E-state index in [0.717, 1.165) is 6.42 Å². The molecule has 2 aromatic rings. The molecule has 0 amide bonds. The van der Waals surface area contributed by atoms with Crippen molar-refractivity contribution >= 4 is 5.57 Å². The Morgan fingerprint density at radius 2 is 1.24 bits per heavy atom. The molecule has 2 aliphatic carbocycles. The van der Waals surface area contributed by atoms with E-state index in [2.05, 4.69) is 106 Å². The number of hydrogen-bond donors (Lipinski definition) is 0. The summed E-state index contributed by atoms with van der Waals surface area (Å²) in [6.45, 7) is 23.4. The third kappa shape index (κ3) is 5.24. The van der Waals surface area contributed by atoms with Gasteiger partial charge in [-0.05, 0) is 0 Å². The fourth-order valence-electron chi connectivity index (χ4n) is 5.05. The van der Waals surface area contributed by atoms with E-state index in [0.29, 0.717) is 3.63 Å². The third-order valence-corrected chi connectivity index (χ3v) is 8.85. The van der Waals surface area contributed by atoms with Crippen LogP contribution in [0.1, 0.15) is 107 Å². The molecule has 0 nitrogen and oxygen atoms in total. The Kier molecular flexibility index (Phi) is 8.44. The van der Waals surface area contributed by atoms with Crippen LogP contribution >= 0.6 is 0 Å². The summed E-state index contributed by atoms with van der Waals surface area (Å²) >= 11 is 1.59. The van der Waals surface area contributed by atoms with Crippen LogP contribution in [0, 0.1) is 5.41 Å². The Labute approximate surface area is 235 Å². The maximum Gasteiger partial charge on any atom is -1.00 e. The van der Waals surface area contributed by atoms with Gasteiger partial charge in [0.2, 0.25) is 0 Å². The van der Waals surface area contributed by atoms with Crippen molar-refractivity contribution in [2.45, 2.75) is 90.1 Å². The van der Waals surface area contributed by atoms with Crippen LogP contribution in [0.5, 0.6) is 0 Å². The topological polar surface area (TPSA) is 0 Å². The summed E-state index contributed by atoms with van der Waals surface area (Å²) in [7, 11) is 0. The molecule has 0 aliphatic heterocycles. The molecule has 34 heavy (non-hydrogen) atoms. The molecule has 0 bridgehead atoms. The van der Waals surface area contributed by atoms with Crippen molar-refractivity contribution in [3.63, 3.8) is 0 Å². The standard InChI is InChI=1S/C31H39.2ClH.Zr/c1-19-13-22(30(5,6)7)16-24(19)27-17-23(31(8,9)10)18-28-25-15-21(29(2,3)4)12-11-20(25)14-26(27)28;;;/h11-15,17-18H,16H2,1-10H3;2*1H;/q;;;+2/p-2. The first-order chi connectivity index (χ1) is 14.6. The Hall–Kier alpha value is -0.617. The van der Waals surface area contributed by atoms with Crippen molar-refractivity contribution in [1.29, 1.82) is 0 Å². The molecule has 0 fully saturated rings. The zero-order chi connectivity index (χ0) is 23.8. The Bertz CT molecular complexity index is 1160. The van der Waals surface area contributed by atoms with E-state index in [4.69, 9.17) is 0 Å². The molecular formula is C31H39Cl2Zr. The fraction of sp³-hybridized carbons (Fsp3) is 0.484. The predicted octanol–water partition coefficient (Wildman–Crippen LogP) is 3.06. The number of hydrogen-bond acceptors (Lipinski definition) is 0. The second-order valence-corrected chi connectivity index (χ2v) is 14.4. The fourth-order valence-corrected chi connectivity index (χ4v) is 6.43. The molecule has 181 valence electrons. The van der Waals surface area contributed by atoms with Gasteiger partial charge in [-0.25, -0.2) is 0 Å². The molecule has 2 aromatic carbocycles. The monoisotopic (exact) mass is 571 g/mol. The van der Waals surface area contributed by atoms with Crippen molar-refractivity contribution in [3.8, 4) is 11.1 Å². The van der Waals surface area contributed by atoms with Gasteiger partial charge in [0.05, 0.1) is 0 Å². The molecule has 0 aromatic heterocycles. The van der Waals surface area contributed by atoms with Crippen LogP contribution < -0.4 is 24.8 Å². The van der Waals surface area contributed by atoms with Gasteiger partial charge < -0.3 is 24.8 Å². The van der Waals surface area contributed by atoms with Crippen LogP contribution in [0.3, 0.4) is 0 Å². The number of rotatable bonds is 1. The van der Waals surface area contributed by atoms with E-state index in [-0.39, 0.29) is 41.1 Å². The summed E-state index contributed by atoms with van der Waals surface area (Å²) in [5.41, 5.74) is 15.5. The number of allylic oxidation sites excluding steroid dienone is 4. The Morgan fingerprint density at radius 1 is 0.706 bits per heavy atom. The molecule has 2 aliphatic rings. The molecular weight excluding hydrogens is 534 g/mol. The van der Waals surface area contributed by atoms with Crippen LogP contribution in [0.15, 0.2) is 47.6 Å². The SMILES string of the molecule is CC1=C(c2cc(C(C)(C)C)cc3c2[CH]([Zr+2])c2ccc(C(C)(C)C)cc2-3)CC(C(C)(C)C)=C1.[Cl-].[Cl-]. The van der Waals surface area contributed by atoms with E-state index < -0.39 is 0 Å². The minimum atomic E-state index is 0. The first kappa shape index (κ1) is 29.6. The van der Waals surface area contributed by atoms with Gasteiger partial charge in [0, 0.05) is 0 Å². The third-order valence-electron chi connectivity index (χ3n) is 7.38. The minimum Gasteiger partial charge on any atom is -1.00 e. The summed E-state index contributed by atoms with van der Waals surface area (Å²) in [6.07, 6.45) is 3.55. The summed E-state index contributed by atoms with van der Waals surface area (Å²) in [6, 6.07) is 12.3. The van der Waals surface area contributed by atoms with Crippen LogP contribution in [-0.4, -0.2) is 0 Å². The van der Waals surface area contributed by atoms with E-state index in [1.807, 2.05) is 0 Å². The number of fused-ring (bicyclic) bond motifs is 3. The van der Waals surface area contributed by atoms with Gasteiger partial charge in [-0.3, -0.25) is 0 Å². The van der Waals surface area contributed by atoms with Crippen LogP contribution in [-0.2, 0) is 35.5 Å². The number of halogens is 2. The van der Waals surface area contributed by atoms with Crippen molar-refractivity contribution in [3.05, 3.63) is 75.4 Å². The zero-order valence-corrected chi connectivity index (χ0v) is 26.5. The maximum absolute atomic E-state index is 2.53. The molecule has 0 radical (unpaired) electrons. The minimum absolute atomic E-state index is 0. The first-order valence-electron chi connectivity index (χ1n) is 12.0. The smallest absolute Gasteiger partial charge is 1.00 e. The quantitative estimate of drug-likeness (QED) is 0.492. The van der Waals surface area contributed by atoms with Gasteiger partial charge in [-0.2, -0.15) is 0 Å². The molecule has 0 saturated carbocycles. The zero-order valence-electron chi connectivity index (χ0n) is 22.5. The normalized spacial score (nSPS) is 17.6. The molecule has 0 spiro atoms. The van der Waals surface area contributed by atoms with Gasteiger partial charge in [0.15, 0.2) is 0 Å². The summed E-state index contributed by atoms with van der Waals surface area (Å²) in [5, 5.41) is 0. The molecule has 1 atom stereocenters. The number of benzene rings is 2. The van der Waals surface area contributed by atoms with Gasteiger partial charge in [0.25, 0.3) is 0 Å². The van der Waals surface area contributed by atoms with Crippen molar-refractivity contribution in [1.82, 2.24) is 0 Å². The Balaban J connectivity index is 0.00000204. The van der Waals surface area contributed by atoms with E-state index in [1.54, 1.807) is 41.4 Å². The summed E-state index contributed by atoms with van der Waals surface area (Å²) < 4.78 is 0.518. The van der Waals surface area contributed by atoms with Crippen LogP contribution in [0.4, 0.5) is 0 Å². The second-order valence-electron chi connectivity index (χ2n) is 13.0. The van der Waals surface area contributed by atoms with E-state index in [1.165, 1.54) is 39.0 Å². The van der Waals surface area contributed by atoms with E-state index in [9.17, 15) is 0 Å². The molecule has 4 rings (SSSR count). The van der Waals surface area contributed by atoms with Crippen molar-refractivity contribution in [2.75, 3.05) is 0 Å². The average Bonchev–Trinajstić information content (AvgIpc) is 3.18. The summed E-state index contributed by atoms with van der Waals surface area (Å²) in [5.74, 6) is 0. The molecule has 1 unspecified atom stereocenters.